The topological polar surface area (TPSA) is 32.9 Å². The number of aryl methyl sites for hydroxylation is 2. The highest BCUT2D eigenvalue weighted by atomic mass is 16.1. The molecule has 0 amide bonds. The van der Waals surface area contributed by atoms with Gasteiger partial charge in [-0.05, 0) is 38.5 Å². The molecule has 0 saturated carbocycles. The van der Waals surface area contributed by atoms with Crippen molar-refractivity contribution in [3.05, 3.63) is 32.7 Å². The van der Waals surface area contributed by atoms with Crippen LogP contribution in [0.15, 0.2) is 4.79 Å². The lowest BCUT2D eigenvalue weighted by Crippen LogP contribution is -2.23. The fraction of sp³-hybridized carbons (Fsp3) is 0.615. The molecular formula is C13H19NO. The maximum absolute atomic E-state index is 12.2. The van der Waals surface area contributed by atoms with Crippen molar-refractivity contribution in [3.63, 3.8) is 0 Å². The summed E-state index contributed by atoms with van der Waals surface area (Å²) in [5.41, 5.74) is 4.76. The van der Waals surface area contributed by atoms with E-state index in [1.54, 1.807) is 0 Å². The smallest absolute Gasteiger partial charge is 0.188 e. The molecule has 1 aliphatic carbocycles. The van der Waals surface area contributed by atoms with Gasteiger partial charge in [-0.15, -0.1) is 0 Å². The fourth-order valence-electron chi connectivity index (χ4n) is 2.55. The second kappa shape index (κ2) is 4.21. The van der Waals surface area contributed by atoms with Crippen molar-refractivity contribution in [2.45, 2.75) is 52.4 Å². The number of H-pyrrole nitrogens is 1. The van der Waals surface area contributed by atoms with Gasteiger partial charge < -0.3 is 4.98 Å². The van der Waals surface area contributed by atoms with Crippen molar-refractivity contribution in [3.8, 4) is 0 Å². The van der Waals surface area contributed by atoms with Crippen LogP contribution in [0.1, 0.15) is 49.2 Å². The lowest BCUT2D eigenvalue weighted by Gasteiger charge is -2.18. The highest BCUT2D eigenvalue weighted by Crippen LogP contribution is 2.18. The van der Waals surface area contributed by atoms with Crippen LogP contribution in [0.3, 0.4) is 0 Å². The van der Waals surface area contributed by atoms with E-state index >= 15 is 0 Å². The number of pyridine rings is 1. The first kappa shape index (κ1) is 10.5. The average molecular weight is 205 g/mol. The molecule has 15 heavy (non-hydrogen) atoms. The Morgan fingerprint density at radius 3 is 2.53 bits per heavy atom. The summed E-state index contributed by atoms with van der Waals surface area (Å²) in [4.78, 5) is 15.7. The molecule has 1 aliphatic rings. The van der Waals surface area contributed by atoms with Gasteiger partial charge in [0.15, 0.2) is 5.43 Å². The third-order valence-electron chi connectivity index (χ3n) is 3.39. The highest BCUT2D eigenvalue weighted by molar-refractivity contribution is 5.32. The Hall–Kier alpha value is -1.05. The SMILES string of the molecule is CCc1[nH]c2c(c(=O)c1CC)CCCC2. The molecule has 0 bridgehead atoms. The van der Waals surface area contributed by atoms with Crippen molar-refractivity contribution in [2.24, 2.45) is 0 Å². The van der Waals surface area contributed by atoms with E-state index in [2.05, 4.69) is 18.8 Å². The quantitative estimate of drug-likeness (QED) is 0.790. The van der Waals surface area contributed by atoms with Crippen LogP contribution in [0.2, 0.25) is 0 Å². The Balaban J connectivity index is 2.62. The average Bonchev–Trinajstić information content (AvgIpc) is 2.29. The van der Waals surface area contributed by atoms with Crippen LogP contribution >= 0.6 is 0 Å². The third kappa shape index (κ3) is 1.73. The van der Waals surface area contributed by atoms with Crippen LogP contribution in [0, 0.1) is 0 Å². The second-order valence-corrected chi connectivity index (χ2v) is 4.28. The van der Waals surface area contributed by atoms with Gasteiger partial charge in [0, 0.05) is 22.5 Å². The summed E-state index contributed by atoms with van der Waals surface area (Å²) in [6, 6.07) is 0. The summed E-state index contributed by atoms with van der Waals surface area (Å²) >= 11 is 0. The molecule has 0 aromatic carbocycles. The molecule has 1 heterocycles. The first-order chi connectivity index (χ1) is 7.27. The maximum atomic E-state index is 12.2. The number of rotatable bonds is 2. The molecule has 1 aromatic rings. The van der Waals surface area contributed by atoms with Crippen LogP contribution in [-0.2, 0) is 25.7 Å². The lowest BCUT2D eigenvalue weighted by molar-refractivity contribution is 0.655. The molecule has 2 rings (SSSR count). The van der Waals surface area contributed by atoms with E-state index in [-0.39, 0.29) is 0 Å². The van der Waals surface area contributed by atoms with E-state index in [4.69, 9.17) is 0 Å². The van der Waals surface area contributed by atoms with Gasteiger partial charge in [-0.1, -0.05) is 13.8 Å². The van der Waals surface area contributed by atoms with Crippen LogP contribution in [0.4, 0.5) is 0 Å². The first-order valence-electron chi connectivity index (χ1n) is 6.03. The summed E-state index contributed by atoms with van der Waals surface area (Å²) in [7, 11) is 0. The monoisotopic (exact) mass is 205 g/mol. The molecule has 82 valence electrons. The van der Waals surface area contributed by atoms with E-state index in [9.17, 15) is 4.79 Å². The molecule has 0 fully saturated rings. The summed E-state index contributed by atoms with van der Waals surface area (Å²) in [6.07, 6.45) is 6.21. The van der Waals surface area contributed by atoms with Crippen molar-refractivity contribution in [1.29, 1.82) is 0 Å². The van der Waals surface area contributed by atoms with Crippen LogP contribution in [0.25, 0.3) is 0 Å². The standard InChI is InChI=1S/C13H19NO/c1-3-9-11(4-2)14-12-8-6-5-7-10(12)13(9)15/h3-8H2,1-2H3,(H,14,15). The van der Waals surface area contributed by atoms with Gasteiger partial charge in [0.05, 0.1) is 0 Å². The van der Waals surface area contributed by atoms with E-state index in [1.165, 1.54) is 18.5 Å². The molecule has 2 nitrogen and oxygen atoms in total. The summed E-state index contributed by atoms with van der Waals surface area (Å²) in [5, 5.41) is 0. The van der Waals surface area contributed by atoms with Crippen LogP contribution < -0.4 is 5.43 Å². The zero-order chi connectivity index (χ0) is 10.8. The second-order valence-electron chi connectivity index (χ2n) is 4.28. The number of hydrogen-bond donors (Lipinski definition) is 1. The molecule has 1 N–H and O–H groups in total. The fourth-order valence-corrected chi connectivity index (χ4v) is 2.55. The summed E-state index contributed by atoms with van der Waals surface area (Å²) in [5.74, 6) is 0. The van der Waals surface area contributed by atoms with Gasteiger partial charge in [0.1, 0.15) is 0 Å². The van der Waals surface area contributed by atoms with Gasteiger partial charge in [-0.25, -0.2) is 0 Å². The van der Waals surface area contributed by atoms with Crippen molar-refractivity contribution in [1.82, 2.24) is 4.98 Å². The zero-order valence-electron chi connectivity index (χ0n) is 9.65. The molecule has 0 unspecified atom stereocenters. The Morgan fingerprint density at radius 2 is 1.87 bits per heavy atom. The number of aromatic nitrogens is 1. The van der Waals surface area contributed by atoms with Crippen LogP contribution in [-0.4, -0.2) is 4.98 Å². The highest BCUT2D eigenvalue weighted by Gasteiger charge is 2.17. The molecule has 0 radical (unpaired) electrons. The molecule has 1 aromatic heterocycles. The number of nitrogens with one attached hydrogen (secondary N) is 1. The van der Waals surface area contributed by atoms with Gasteiger partial charge in [0.2, 0.25) is 0 Å². The Bertz CT molecular complexity index is 400. The predicted octanol–water partition coefficient (Wildman–Crippen LogP) is 2.38. The number of aromatic amines is 1. The predicted molar refractivity (Wildman–Crippen MR) is 62.5 cm³/mol. The minimum atomic E-state index is 0.322. The minimum Gasteiger partial charge on any atom is -0.362 e. The van der Waals surface area contributed by atoms with Gasteiger partial charge in [0.25, 0.3) is 0 Å². The van der Waals surface area contributed by atoms with E-state index in [0.29, 0.717) is 5.43 Å². The van der Waals surface area contributed by atoms with Gasteiger partial charge in [-0.3, -0.25) is 4.79 Å². The maximum Gasteiger partial charge on any atom is 0.188 e. The Kier molecular flexibility index (Phi) is 2.94. The van der Waals surface area contributed by atoms with Gasteiger partial charge >= 0.3 is 0 Å². The molecule has 0 saturated heterocycles. The molecule has 0 aliphatic heterocycles. The van der Waals surface area contributed by atoms with E-state index in [0.717, 1.165) is 42.5 Å². The molecule has 0 spiro atoms. The van der Waals surface area contributed by atoms with Crippen LogP contribution in [0.5, 0.6) is 0 Å². The summed E-state index contributed by atoms with van der Waals surface area (Å²) < 4.78 is 0. The largest absolute Gasteiger partial charge is 0.362 e. The molecule has 2 heteroatoms. The zero-order valence-corrected chi connectivity index (χ0v) is 9.65. The van der Waals surface area contributed by atoms with Crippen molar-refractivity contribution < 1.29 is 0 Å². The minimum absolute atomic E-state index is 0.322. The first-order valence-corrected chi connectivity index (χ1v) is 6.03. The lowest BCUT2D eigenvalue weighted by atomic mass is 9.92. The Morgan fingerprint density at radius 1 is 1.13 bits per heavy atom. The number of hydrogen-bond acceptors (Lipinski definition) is 1. The molecule has 0 atom stereocenters. The van der Waals surface area contributed by atoms with Crippen molar-refractivity contribution in [2.75, 3.05) is 0 Å². The van der Waals surface area contributed by atoms with E-state index < -0.39 is 0 Å². The molecular weight excluding hydrogens is 186 g/mol. The van der Waals surface area contributed by atoms with Crippen molar-refractivity contribution >= 4 is 0 Å². The third-order valence-corrected chi connectivity index (χ3v) is 3.39. The number of fused-ring (bicyclic) bond motifs is 1. The Labute approximate surface area is 90.7 Å². The van der Waals surface area contributed by atoms with E-state index in [1.807, 2.05) is 0 Å². The normalized spacial score (nSPS) is 15.1. The van der Waals surface area contributed by atoms with Gasteiger partial charge in [-0.2, -0.15) is 0 Å². The summed E-state index contributed by atoms with van der Waals surface area (Å²) in [6.45, 7) is 4.18.